The van der Waals surface area contributed by atoms with Gasteiger partial charge >= 0.3 is 6.09 Å². The molecule has 0 bridgehead atoms. The maximum Gasteiger partial charge on any atom is 0.409 e. The van der Waals surface area contributed by atoms with Crippen LogP contribution in [0.15, 0.2) is 23.1 Å². The number of nitrogens with zero attached hydrogens (tertiary/aromatic N) is 1. The third kappa shape index (κ3) is 4.16. The molecule has 2 amide bonds. The molecule has 0 aliphatic carbocycles. The van der Waals surface area contributed by atoms with Crippen molar-refractivity contribution in [3.05, 3.63) is 23.8 Å². The Hall–Kier alpha value is -2.13. The van der Waals surface area contributed by atoms with E-state index in [4.69, 9.17) is 4.74 Å². The molecule has 0 aromatic heterocycles. The van der Waals surface area contributed by atoms with E-state index >= 15 is 0 Å². The van der Waals surface area contributed by atoms with Gasteiger partial charge in [-0.3, -0.25) is 4.79 Å². The van der Waals surface area contributed by atoms with Crippen LogP contribution in [0.25, 0.3) is 0 Å². The van der Waals surface area contributed by atoms with Gasteiger partial charge in [-0.15, -0.1) is 0 Å². The number of aryl methyl sites for hydroxylation is 1. The molecule has 0 unspecified atom stereocenters. The van der Waals surface area contributed by atoms with Gasteiger partial charge in [-0.25, -0.2) is 17.9 Å². The van der Waals surface area contributed by atoms with Gasteiger partial charge in [0, 0.05) is 31.2 Å². The number of carbonyl (C=O) groups excluding carboxylic acids is 2. The number of carbonyl (C=O) groups is 2. The predicted molar refractivity (Wildman–Crippen MR) is 95.3 cm³/mol. The van der Waals surface area contributed by atoms with Crippen molar-refractivity contribution in [2.24, 2.45) is 0 Å². The van der Waals surface area contributed by atoms with E-state index < -0.39 is 10.0 Å². The summed E-state index contributed by atoms with van der Waals surface area (Å²) in [4.78, 5) is 24.9. The van der Waals surface area contributed by atoms with Crippen LogP contribution in [0, 0.1) is 0 Å². The fourth-order valence-electron chi connectivity index (χ4n) is 3.21. The Bertz CT molecular complexity index is 801. The highest BCUT2D eigenvalue weighted by Crippen LogP contribution is 2.26. The molecule has 8 nitrogen and oxygen atoms in total. The molecule has 0 atom stereocenters. The van der Waals surface area contributed by atoms with E-state index in [0.29, 0.717) is 51.1 Å². The molecule has 26 heavy (non-hydrogen) atoms. The Kier molecular flexibility index (Phi) is 5.47. The van der Waals surface area contributed by atoms with E-state index in [1.54, 1.807) is 24.0 Å². The Morgan fingerprint density at radius 2 is 2.04 bits per heavy atom. The van der Waals surface area contributed by atoms with Gasteiger partial charge in [-0.2, -0.15) is 0 Å². The van der Waals surface area contributed by atoms with Crippen molar-refractivity contribution < 1.29 is 22.7 Å². The van der Waals surface area contributed by atoms with Crippen LogP contribution in [0.2, 0.25) is 0 Å². The number of hydrogen-bond donors (Lipinski definition) is 2. The van der Waals surface area contributed by atoms with Crippen molar-refractivity contribution in [3.8, 4) is 0 Å². The van der Waals surface area contributed by atoms with Gasteiger partial charge in [0.25, 0.3) is 0 Å². The molecule has 2 aliphatic rings. The average Bonchev–Trinajstić information content (AvgIpc) is 2.61. The molecular formula is C17H23N3O5S. The maximum atomic E-state index is 12.7. The molecule has 9 heteroatoms. The van der Waals surface area contributed by atoms with Gasteiger partial charge in [0.15, 0.2) is 0 Å². The molecular weight excluding hydrogens is 358 g/mol. The van der Waals surface area contributed by atoms with Crippen LogP contribution >= 0.6 is 0 Å². The standard InChI is InChI=1S/C17H23N3O5S/c1-2-25-17(22)20-9-7-13(8-10-20)19-26(23,24)14-4-5-15-12(11-14)3-6-16(21)18-15/h4-5,11,13,19H,2-3,6-10H2,1H3,(H,18,21). The van der Waals surface area contributed by atoms with Crippen LogP contribution < -0.4 is 10.0 Å². The van der Waals surface area contributed by atoms with E-state index in [0.717, 1.165) is 5.56 Å². The highest BCUT2D eigenvalue weighted by Gasteiger charge is 2.28. The van der Waals surface area contributed by atoms with Crippen LogP contribution in [0.5, 0.6) is 0 Å². The van der Waals surface area contributed by atoms with E-state index in [1.165, 1.54) is 6.07 Å². The monoisotopic (exact) mass is 381 g/mol. The van der Waals surface area contributed by atoms with Crippen LogP contribution in [-0.2, 0) is 26.0 Å². The molecule has 142 valence electrons. The maximum absolute atomic E-state index is 12.7. The van der Waals surface area contributed by atoms with Gasteiger partial charge < -0.3 is 15.0 Å². The lowest BCUT2D eigenvalue weighted by Gasteiger charge is -2.31. The normalized spacial score (nSPS) is 18.2. The van der Waals surface area contributed by atoms with Crippen molar-refractivity contribution in [2.45, 2.75) is 43.5 Å². The van der Waals surface area contributed by atoms with Gasteiger partial charge in [0.2, 0.25) is 15.9 Å². The zero-order valence-electron chi connectivity index (χ0n) is 14.7. The number of amides is 2. The van der Waals surface area contributed by atoms with Crippen molar-refractivity contribution >= 4 is 27.7 Å². The third-order valence-electron chi connectivity index (χ3n) is 4.63. The Morgan fingerprint density at radius 1 is 1.31 bits per heavy atom. The summed E-state index contributed by atoms with van der Waals surface area (Å²) in [5.41, 5.74) is 1.49. The number of anilines is 1. The number of nitrogens with one attached hydrogen (secondary N) is 2. The van der Waals surface area contributed by atoms with Crippen molar-refractivity contribution in [2.75, 3.05) is 25.0 Å². The van der Waals surface area contributed by atoms with Gasteiger partial charge in [-0.05, 0) is 49.9 Å². The molecule has 0 spiro atoms. The smallest absolute Gasteiger partial charge is 0.409 e. The van der Waals surface area contributed by atoms with Crippen LogP contribution in [0.4, 0.5) is 10.5 Å². The first kappa shape index (κ1) is 18.7. The quantitative estimate of drug-likeness (QED) is 0.822. The SMILES string of the molecule is CCOC(=O)N1CCC(NS(=O)(=O)c2ccc3c(c2)CCC(=O)N3)CC1. The molecule has 2 aliphatic heterocycles. The second kappa shape index (κ2) is 7.63. The summed E-state index contributed by atoms with van der Waals surface area (Å²) in [5, 5.41) is 2.74. The number of ether oxygens (including phenoxy) is 1. The Morgan fingerprint density at radius 3 is 2.73 bits per heavy atom. The molecule has 3 rings (SSSR count). The van der Waals surface area contributed by atoms with Crippen LogP contribution in [-0.4, -0.2) is 51.1 Å². The van der Waals surface area contributed by atoms with Crippen molar-refractivity contribution in [1.82, 2.24) is 9.62 Å². The predicted octanol–water partition coefficient (Wildman–Crippen LogP) is 1.47. The van der Waals surface area contributed by atoms with Gasteiger partial charge in [0.05, 0.1) is 11.5 Å². The van der Waals surface area contributed by atoms with Gasteiger partial charge in [0.1, 0.15) is 0 Å². The fourth-order valence-corrected chi connectivity index (χ4v) is 4.56. The lowest BCUT2D eigenvalue weighted by Crippen LogP contribution is -2.46. The van der Waals surface area contributed by atoms with Crippen LogP contribution in [0.3, 0.4) is 0 Å². The first-order valence-corrected chi connectivity index (χ1v) is 10.2. The second-order valence-electron chi connectivity index (χ2n) is 6.45. The molecule has 0 radical (unpaired) electrons. The number of likely N-dealkylation sites (tertiary alicyclic amines) is 1. The lowest BCUT2D eigenvalue weighted by atomic mass is 10.0. The fraction of sp³-hybridized carbons (Fsp3) is 0.529. The third-order valence-corrected chi connectivity index (χ3v) is 6.14. The highest BCUT2D eigenvalue weighted by molar-refractivity contribution is 7.89. The number of piperidine rings is 1. The number of rotatable bonds is 4. The molecule has 1 aromatic carbocycles. The average molecular weight is 381 g/mol. The summed E-state index contributed by atoms with van der Waals surface area (Å²) in [6, 6.07) is 4.52. The topological polar surface area (TPSA) is 105 Å². The minimum absolute atomic E-state index is 0.0559. The summed E-state index contributed by atoms with van der Waals surface area (Å²) in [7, 11) is -3.65. The summed E-state index contributed by atoms with van der Waals surface area (Å²) < 4.78 is 33.0. The minimum Gasteiger partial charge on any atom is -0.450 e. The summed E-state index contributed by atoms with van der Waals surface area (Å²) in [6.45, 7) is 3.00. The van der Waals surface area contributed by atoms with Crippen molar-refractivity contribution in [1.29, 1.82) is 0 Å². The van der Waals surface area contributed by atoms with E-state index in [2.05, 4.69) is 10.0 Å². The first-order valence-electron chi connectivity index (χ1n) is 8.76. The molecule has 2 heterocycles. The van der Waals surface area contributed by atoms with E-state index in [9.17, 15) is 18.0 Å². The number of fused-ring (bicyclic) bond motifs is 1. The van der Waals surface area contributed by atoms with E-state index in [1.807, 2.05) is 0 Å². The molecule has 2 N–H and O–H groups in total. The molecule has 1 fully saturated rings. The zero-order chi connectivity index (χ0) is 18.7. The van der Waals surface area contributed by atoms with Crippen LogP contribution in [0.1, 0.15) is 31.7 Å². The highest BCUT2D eigenvalue weighted by atomic mass is 32.2. The van der Waals surface area contributed by atoms with Crippen molar-refractivity contribution in [3.63, 3.8) is 0 Å². The molecule has 0 saturated carbocycles. The summed E-state index contributed by atoms with van der Waals surface area (Å²) in [6.07, 6.45) is 1.61. The van der Waals surface area contributed by atoms with E-state index in [-0.39, 0.29) is 22.9 Å². The zero-order valence-corrected chi connectivity index (χ0v) is 15.5. The Balaban J connectivity index is 1.63. The second-order valence-corrected chi connectivity index (χ2v) is 8.16. The first-order chi connectivity index (χ1) is 12.4. The number of sulfonamides is 1. The lowest BCUT2D eigenvalue weighted by molar-refractivity contribution is -0.116. The summed E-state index contributed by atoms with van der Waals surface area (Å²) >= 11 is 0. The molecule has 1 saturated heterocycles. The summed E-state index contributed by atoms with van der Waals surface area (Å²) in [5.74, 6) is -0.0559. The Labute approximate surface area is 152 Å². The largest absolute Gasteiger partial charge is 0.450 e. The van der Waals surface area contributed by atoms with Gasteiger partial charge in [-0.1, -0.05) is 0 Å². The minimum atomic E-state index is -3.65. The molecule has 1 aromatic rings. The number of benzene rings is 1. The number of hydrogen-bond acceptors (Lipinski definition) is 5.